The van der Waals surface area contributed by atoms with Crippen LogP contribution in [0.15, 0.2) is 4.42 Å². The topological polar surface area (TPSA) is 62.4 Å². The van der Waals surface area contributed by atoms with E-state index in [0.29, 0.717) is 11.8 Å². The molecule has 1 heterocycles. The second-order valence-corrected chi connectivity index (χ2v) is 4.18. The SMILES string of the molecule is CCc1nnc(C(C)N(C)CCC(C)O)o1. The third kappa shape index (κ3) is 3.57. The maximum absolute atomic E-state index is 9.22. The van der Waals surface area contributed by atoms with Crippen LogP contribution in [0.4, 0.5) is 0 Å². The van der Waals surface area contributed by atoms with E-state index < -0.39 is 0 Å². The van der Waals surface area contributed by atoms with Gasteiger partial charge in [-0.05, 0) is 27.3 Å². The lowest BCUT2D eigenvalue weighted by atomic mass is 10.2. The van der Waals surface area contributed by atoms with Crippen molar-refractivity contribution in [3.05, 3.63) is 11.8 Å². The van der Waals surface area contributed by atoms with Crippen molar-refractivity contribution < 1.29 is 9.52 Å². The molecule has 0 spiro atoms. The Morgan fingerprint density at radius 2 is 2.06 bits per heavy atom. The third-order valence-corrected chi connectivity index (χ3v) is 2.70. The summed E-state index contributed by atoms with van der Waals surface area (Å²) in [5.41, 5.74) is 0. The molecule has 0 amide bonds. The lowest BCUT2D eigenvalue weighted by molar-refractivity contribution is 0.145. The first-order valence-corrected chi connectivity index (χ1v) is 5.75. The highest BCUT2D eigenvalue weighted by molar-refractivity contribution is 4.88. The van der Waals surface area contributed by atoms with Crippen LogP contribution in [-0.2, 0) is 6.42 Å². The molecule has 1 rings (SSSR count). The molecule has 5 heteroatoms. The van der Waals surface area contributed by atoms with Crippen LogP contribution in [0, 0.1) is 0 Å². The Bertz CT molecular complexity index is 312. The number of aryl methyl sites for hydroxylation is 1. The fourth-order valence-corrected chi connectivity index (χ4v) is 1.35. The second kappa shape index (κ2) is 5.96. The minimum absolute atomic E-state index is 0.0894. The summed E-state index contributed by atoms with van der Waals surface area (Å²) in [6.45, 7) is 6.61. The standard InChI is InChI=1S/C11H21N3O2/c1-5-10-12-13-11(16-10)9(3)14(4)7-6-8(2)15/h8-9,15H,5-7H2,1-4H3. The Morgan fingerprint density at radius 1 is 1.38 bits per heavy atom. The molecule has 5 nitrogen and oxygen atoms in total. The molecular weight excluding hydrogens is 206 g/mol. The normalized spacial score (nSPS) is 15.4. The fourth-order valence-electron chi connectivity index (χ4n) is 1.35. The molecule has 0 aliphatic carbocycles. The van der Waals surface area contributed by atoms with E-state index in [1.807, 2.05) is 20.9 Å². The number of hydrogen-bond acceptors (Lipinski definition) is 5. The van der Waals surface area contributed by atoms with Crippen LogP contribution in [0.2, 0.25) is 0 Å². The van der Waals surface area contributed by atoms with Crippen molar-refractivity contribution >= 4 is 0 Å². The van der Waals surface area contributed by atoms with Gasteiger partial charge in [0.1, 0.15) is 0 Å². The van der Waals surface area contributed by atoms with E-state index in [1.165, 1.54) is 0 Å². The van der Waals surface area contributed by atoms with Gasteiger partial charge in [-0.1, -0.05) is 6.92 Å². The molecule has 0 aliphatic heterocycles. The van der Waals surface area contributed by atoms with E-state index in [1.54, 1.807) is 6.92 Å². The third-order valence-electron chi connectivity index (χ3n) is 2.70. The molecular formula is C11H21N3O2. The summed E-state index contributed by atoms with van der Waals surface area (Å²) in [4.78, 5) is 2.10. The minimum Gasteiger partial charge on any atom is -0.424 e. The van der Waals surface area contributed by atoms with Crippen molar-refractivity contribution in [1.82, 2.24) is 15.1 Å². The number of aromatic nitrogens is 2. The predicted octanol–water partition coefficient (Wildman–Crippen LogP) is 1.40. The molecule has 0 aromatic carbocycles. The lowest BCUT2D eigenvalue weighted by Gasteiger charge is -2.22. The smallest absolute Gasteiger partial charge is 0.233 e. The summed E-state index contributed by atoms with van der Waals surface area (Å²) in [6, 6.07) is 0.0894. The number of nitrogens with zero attached hydrogens (tertiary/aromatic N) is 3. The van der Waals surface area contributed by atoms with E-state index >= 15 is 0 Å². The summed E-state index contributed by atoms with van der Waals surface area (Å²) >= 11 is 0. The number of hydrogen-bond donors (Lipinski definition) is 1. The van der Waals surface area contributed by atoms with Crippen molar-refractivity contribution in [1.29, 1.82) is 0 Å². The van der Waals surface area contributed by atoms with Gasteiger partial charge in [0.2, 0.25) is 11.8 Å². The molecule has 0 saturated heterocycles. The Labute approximate surface area is 96.5 Å². The van der Waals surface area contributed by atoms with E-state index in [-0.39, 0.29) is 12.1 Å². The molecule has 0 bridgehead atoms. The first-order valence-electron chi connectivity index (χ1n) is 5.75. The monoisotopic (exact) mass is 227 g/mol. The molecule has 0 fully saturated rings. The van der Waals surface area contributed by atoms with Gasteiger partial charge in [0.25, 0.3) is 0 Å². The zero-order valence-electron chi connectivity index (χ0n) is 10.5. The predicted molar refractivity (Wildman–Crippen MR) is 61.0 cm³/mol. The van der Waals surface area contributed by atoms with Crippen LogP contribution in [0.1, 0.15) is 45.0 Å². The Kier molecular flexibility index (Phi) is 4.89. The highest BCUT2D eigenvalue weighted by atomic mass is 16.4. The highest BCUT2D eigenvalue weighted by Gasteiger charge is 2.18. The van der Waals surface area contributed by atoms with Gasteiger partial charge in [-0.3, -0.25) is 4.90 Å². The van der Waals surface area contributed by atoms with Crippen LogP contribution in [-0.4, -0.2) is 39.9 Å². The van der Waals surface area contributed by atoms with Crippen LogP contribution in [0.5, 0.6) is 0 Å². The van der Waals surface area contributed by atoms with Gasteiger partial charge < -0.3 is 9.52 Å². The highest BCUT2D eigenvalue weighted by Crippen LogP contribution is 2.17. The van der Waals surface area contributed by atoms with Crippen LogP contribution >= 0.6 is 0 Å². The summed E-state index contributed by atoms with van der Waals surface area (Å²) in [5, 5.41) is 17.2. The van der Waals surface area contributed by atoms with E-state index in [9.17, 15) is 5.11 Å². The largest absolute Gasteiger partial charge is 0.424 e. The minimum atomic E-state index is -0.275. The zero-order valence-corrected chi connectivity index (χ0v) is 10.5. The summed E-state index contributed by atoms with van der Waals surface area (Å²) in [7, 11) is 1.99. The molecule has 0 radical (unpaired) electrons. The first-order chi connectivity index (χ1) is 7.54. The summed E-state index contributed by atoms with van der Waals surface area (Å²) in [5.74, 6) is 1.32. The lowest BCUT2D eigenvalue weighted by Crippen LogP contribution is -2.26. The number of rotatable bonds is 6. The average molecular weight is 227 g/mol. The molecule has 2 atom stereocenters. The quantitative estimate of drug-likeness (QED) is 0.795. The molecule has 1 aromatic rings. The summed E-state index contributed by atoms with van der Waals surface area (Å²) < 4.78 is 5.50. The maximum Gasteiger partial charge on any atom is 0.233 e. The van der Waals surface area contributed by atoms with Crippen LogP contribution in [0.3, 0.4) is 0 Å². The number of aliphatic hydroxyl groups excluding tert-OH is 1. The Hall–Kier alpha value is -0.940. The van der Waals surface area contributed by atoms with E-state index in [0.717, 1.165) is 19.4 Å². The van der Waals surface area contributed by atoms with E-state index in [2.05, 4.69) is 15.1 Å². The van der Waals surface area contributed by atoms with Crippen molar-refractivity contribution in [2.75, 3.05) is 13.6 Å². The van der Waals surface area contributed by atoms with Crippen molar-refractivity contribution in [3.8, 4) is 0 Å². The van der Waals surface area contributed by atoms with Crippen molar-refractivity contribution in [2.24, 2.45) is 0 Å². The van der Waals surface area contributed by atoms with Gasteiger partial charge in [0.15, 0.2) is 0 Å². The van der Waals surface area contributed by atoms with Gasteiger partial charge in [-0.2, -0.15) is 0 Å². The van der Waals surface area contributed by atoms with Crippen molar-refractivity contribution in [3.63, 3.8) is 0 Å². The maximum atomic E-state index is 9.22. The molecule has 0 aliphatic rings. The first kappa shape index (κ1) is 13.1. The van der Waals surface area contributed by atoms with Crippen molar-refractivity contribution in [2.45, 2.75) is 45.8 Å². The van der Waals surface area contributed by atoms with Gasteiger partial charge in [-0.25, -0.2) is 0 Å². The number of aliphatic hydroxyl groups is 1. The van der Waals surface area contributed by atoms with Gasteiger partial charge in [-0.15, -0.1) is 10.2 Å². The Balaban J connectivity index is 2.52. The molecule has 92 valence electrons. The van der Waals surface area contributed by atoms with Gasteiger partial charge in [0.05, 0.1) is 12.1 Å². The zero-order chi connectivity index (χ0) is 12.1. The fraction of sp³-hybridized carbons (Fsp3) is 0.818. The molecule has 1 aromatic heterocycles. The van der Waals surface area contributed by atoms with Gasteiger partial charge >= 0.3 is 0 Å². The molecule has 1 N–H and O–H groups in total. The molecule has 0 saturated carbocycles. The van der Waals surface area contributed by atoms with Gasteiger partial charge in [0, 0.05) is 13.0 Å². The second-order valence-electron chi connectivity index (χ2n) is 4.18. The van der Waals surface area contributed by atoms with Crippen LogP contribution < -0.4 is 0 Å². The molecule has 16 heavy (non-hydrogen) atoms. The van der Waals surface area contributed by atoms with E-state index in [4.69, 9.17) is 4.42 Å². The Morgan fingerprint density at radius 3 is 2.56 bits per heavy atom. The van der Waals surface area contributed by atoms with Crippen LogP contribution in [0.25, 0.3) is 0 Å². The molecule has 2 unspecified atom stereocenters. The summed E-state index contributed by atoms with van der Waals surface area (Å²) in [6.07, 6.45) is 1.23. The average Bonchev–Trinajstić information content (AvgIpc) is 2.73.